The molecule has 15 heavy (non-hydrogen) atoms. The van der Waals surface area contributed by atoms with Gasteiger partial charge in [0.2, 0.25) is 0 Å². The Hall–Kier alpha value is -0.830. The fourth-order valence-corrected chi connectivity index (χ4v) is 2.70. The Labute approximate surface area is 91.7 Å². The minimum atomic E-state index is 0.669. The van der Waals surface area contributed by atoms with Crippen molar-refractivity contribution in [1.29, 1.82) is 0 Å². The minimum absolute atomic E-state index is 0.669. The van der Waals surface area contributed by atoms with Gasteiger partial charge in [-0.3, -0.25) is 5.10 Å². The van der Waals surface area contributed by atoms with E-state index in [4.69, 9.17) is 0 Å². The maximum absolute atomic E-state index is 3.96. The van der Waals surface area contributed by atoms with Gasteiger partial charge in [0.05, 0.1) is 0 Å². The lowest BCUT2D eigenvalue weighted by atomic mass is 9.79. The fourth-order valence-electron chi connectivity index (χ4n) is 2.70. The summed E-state index contributed by atoms with van der Waals surface area (Å²) in [5, 5.41) is 10.6. The molecule has 0 amide bonds. The van der Waals surface area contributed by atoms with Gasteiger partial charge in [-0.2, -0.15) is 5.10 Å². The van der Waals surface area contributed by atoms with E-state index in [9.17, 15) is 0 Å². The number of H-pyrrole nitrogens is 1. The Morgan fingerprint density at radius 1 is 1.40 bits per heavy atom. The fraction of sp³-hybridized carbons (Fsp3) is 0.750. The molecule has 2 N–H and O–H groups in total. The van der Waals surface area contributed by atoms with Crippen molar-refractivity contribution >= 4 is 0 Å². The highest BCUT2D eigenvalue weighted by atomic mass is 15.1. The van der Waals surface area contributed by atoms with E-state index >= 15 is 0 Å². The van der Waals surface area contributed by atoms with Crippen LogP contribution >= 0.6 is 0 Å². The van der Waals surface area contributed by atoms with Crippen molar-refractivity contribution in [3.63, 3.8) is 0 Å². The molecule has 0 spiro atoms. The van der Waals surface area contributed by atoms with Crippen LogP contribution in [0.5, 0.6) is 0 Å². The predicted molar refractivity (Wildman–Crippen MR) is 61.4 cm³/mol. The standard InChI is InChI=1S/C12H21N3/c1-9-4-3-5-10(2)12(9)13-8-11-6-7-14-15-11/h6-7,9-10,12-13H,3-5,8H2,1-2H3,(H,14,15). The SMILES string of the molecule is CC1CCCC(C)C1NCc1ccn[nH]1. The Morgan fingerprint density at radius 3 is 2.73 bits per heavy atom. The molecular formula is C12H21N3. The Kier molecular flexibility index (Phi) is 3.41. The van der Waals surface area contributed by atoms with E-state index in [1.165, 1.54) is 25.0 Å². The van der Waals surface area contributed by atoms with E-state index < -0.39 is 0 Å². The Bertz CT molecular complexity index is 271. The number of aromatic amines is 1. The molecule has 2 unspecified atom stereocenters. The van der Waals surface area contributed by atoms with Gasteiger partial charge >= 0.3 is 0 Å². The van der Waals surface area contributed by atoms with Crippen LogP contribution in [0.1, 0.15) is 38.8 Å². The van der Waals surface area contributed by atoms with Crippen LogP contribution in [0, 0.1) is 11.8 Å². The van der Waals surface area contributed by atoms with Gasteiger partial charge in [-0.05, 0) is 30.7 Å². The smallest absolute Gasteiger partial charge is 0.0490 e. The van der Waals surface area contributed by atoms with E-state index in [0.717, 1.165) is 18.4 Å². The lowest BCUT2D eigenvalue weighted by Gasteiger charge is -2.35. The molecule has 1 heterocycles. The zero-order chi connectivity index (χ0) is 10.7. The average molecular weight is 207 g/mol. The summed E-state index contributed by atoms with van der Waals surface area (Å²) in [7, 11) is 0. The topological polar surface area (TPSA) is 40.7 Å². The number of rotatable bonds is 3. The maximum atomic E-state index is 3.96. The molecule has 3 heteroatoms. The predicted octanol–water partition coefficient (Wildman–Crippen LogP) is 2.32. The summed E-state index contributed by atoms with van der Waals surface area (Å²) < 4.78 is 0. The molecule has 1 aliphatic rings. The first-order valence-corrected chi connectivity index (χ1v) is 5.99. The maximum Gasteiger partial charge on any atom is 0.0490 e. The van der Waals surface area contributed by atoms with Crippen LogP contribution in [0.15, 0.2) is 12.3 Å². The molecular weight excluding hydrogens is 186 g/mol. The van der Waals surface area contributed by atoms with E-state index in [1.54, 1.807) is 0 Å². The molecule has 0 bridgehead atoms. The molecule has 1 saturated carbocycles. The number of hydrogen-bond acceptors (Lipinski definition) is 2. The molecule has 3 nitrogen and oxygen atoms in total. The van der Waals surface area contributed by atoms with Crippen LogP contribution in [-0.4, -0.2) is 16.2 Å². The third-order valence-corrected chi connectivity index (χ3v) is 3.63. The molecule has 2 atom stereocenters. The normalized spacial score (nSPS) is 31.7. The van der Waals surface area contributed by atoms with Gasteiger partial charge < -0.3 is 5.32 Å². The molecule has 0 aliphatic heterocycles. The summed E-state index contributed by atoms with van der Waals surface area (Å²) in [4.78, 5) is 0. The molecule has 0 saturated heterocycles. The van der Waals surface area contributed by atoms with E-state index in [0.29, 0.717) is 6.04 Å². The second-order valence-electron chi connectivity index (χ2n) is 4.87. The van der Waals surface area contributed by atoms with Crippen LogP contribution in [0.3, 0.4) is 0 Å². The monoisotopic (exact) mass is 207 g/mol. The lowest BCUT2D eigenvalue weighted by Crippen LogP contribution is -2.42. The summed E-state index contributed by atoms with van der Waals surface area (Å²) in [6.07, 6.45) is 5.94. The Balaban J connectivity index is 1.86. The van der Waals surface area contributed by atoms with Crippen molar-refractivity contribution in [3.8, 4) is 0 Å². The summed E-state index contributed by atoms with van der Waals surface area (Å²) >= 11 is 0. The highest BCUT2D eigenvalue weighted by molar-refractivity contribution is 4.97. The summed E-state index contributed by atoms with van der Waals surface area (Å²) in [5.74, 6) is 1.60. The largest absolute Gasteiger partial charge is 0.308 e. The van der Waals surface area contributed by atoms with E-state index in [1.807, 2.05) is 12.3 Å². The van der Waals surface area contributed by atoms with Gasteiger partial charge in [0.25, 0.3) is 0 Å². The van der Waals surface area contributed by atoms with E-state index in [2.05, 4.69) is 29.4 Å². The molecule has 1 fully saturated rings. The number of nitrogens with zero attached hydrogens (tertiary/aromatic N) is 1. The molecule has 84 valence electrons. The van der Waals surface area contributed by atoms with Crippen LogP contribution in [-0.2, 0) is 6.54 Å². The van der Waals surface area contributed by atoms with Gasteiger partial charge in [-0.25, -0.2) is 0 Å². The average Bonchev–Trinajstić information content (AvgIpc) is 2.70. The first-order valence-electron chi connectivity index (χ1n) is 5.99. The first-order chi connectivity index (χ1) is 7.27. The third-order valence-electron chi connectivity index (χ3n) is 3.63. The van der Waals surface area contributed by atoms with Crippen LogP contribution in [0.4, 0.5) is 0 Å². The quantitative estimate of drug-likeness (QED) is 0.798. The van der Waals surface area contributed by atoms with Crippen molar-refractivity contribution in [2.75, 3.05) is 0 Å². The van der Waals surface area contributed by atoms with Crippen molar-refractivity contribution in [1.82, 2.24) is 15.5 Å². The highest BCUT2D eigenvalue weighted by Crippen LogP contribution is 2.28. The molecule has 0 radical (unpaired) electrons. The zero-order valence-corrected chi connectivity index (χ0v) is 9.66. The molecule has 1 aliphatic carbocycles. The molecule has 1 aromatic heterocycles. The van der Waals surface area contributed by atoms with Gasteiger partial charge in [-0.15, -0.1) is 0 Å². The number of aromatic nitrogens is 2. The van der Waals surface area contributed by atoms with Gasteiger partial charge in [-0.1, -0.05) is 20.3 Å². The molecule has 2 rings (SSSR count). The van der Waals surface area contributed by atoms with Crippen molar-refractivity contribution in [2.45, 2.75) is 45.7 Å². The van der Waals surface area contributed by atoms with Crippen molar-refractivity contribution < 1.29 is 0 Å². The van der Waals surface area contributed by atoms with E-state index in [-0.39, 0.29) is 0 Å². The van der Waals surface area contributed by atoms with Crippen LogP contribution < -0.4 is 5.32 Å². The lowest BCUT2D eigenvalue weighted by molar-refractivity contribution is 0.207. The van der Waals surface area contributed by atoms with Crippen molar-refractivity contribution in [3.05, 3.63) is 18.0 Å². The van der Waals surface area contributed by atoms with Gasteiger partial charge in [0.1, 0.15) is 0 Å². The molecule has 1 aromatic rings. The number of nitrogens with one attached hydrogen (secondary N) is 2. The minimum Gasteiger partial charge on any atom is -0.308 e. The number of hydrogen-bond donors (Lipinski definition) is 2. The van der Waals surface area contributed by atoms with Crippen molar-refractivity contribution in [2.24, 2.45) is 11.8 Å². The molecule has 0 aromatic carbocycles. The van der Waals surface area contributed by atoms with Crippen LogP contribution in [0.25, 0.3) is 0 Å². The van der Waals surface area contributed by atoms with Gasteiger partial charge in [0.15, 0.2) is 0 Å². The van der Waals surface area contributed by atoms with Crippen LogP contribution in [0.2, 0.25) is 0 Å². The first kappa shape index (κ1) is 10.7. The third kappa shape index (κ3) is 2.59. The summed E-state index contributed by atoms with van der Waals surface area (Å²) in [6.45, 7) is 5.64. The summed E-state index contributed by atoms with van der Waals surface area (Å²) in [6, 6.07) is 2.70. The zero-order valence-electron chi connectivity index (χ0n) is 9.66. The highest BCUT2D eigenvalue weighted by Gasteiger charge is 2.26. The summed E-state index contributed by atoms with van der Waals surface area (Å²) in [5.41, 5.74) is 1.18. The van der Waals surface area contributed by atoms with Gasteiger partial charge in [0, 0.05) is 24.5 Å². The second kappa shape index (κ2) is 4.79. The Morgan fingerprint density at radius 2 is 2.13 bits per heavy atom. The second-order valence-corrected chi connectivity index (χ2v) is 4.87.